The molecule has 0 spiro atoms. The Balaban J connectivity index is 1.25. The van der Waals surface area contributed by atoms with Crippen LogP contribution in [0.1, 0.15) is 21.6 Å². The molecule has 8 heteroatoms. The van der Waals surface area contributed by atoms with Crippen molar-refractivity contribution in [2.24, 2.45) is 0 Å². The molecule has 0 aliphatic carbocycles. The van der Waals surface area contributed by atoms with Crippen LogP contribution in [-0.2, 0) is 18.0 Å². The Kier molecular flexibility index (Phi) is 10.9. The number of rotatable bonds is 13. The highest BCUT2D eigenvalue weighted by molar-refractivity contribution is 7.20. The Hall–Kier alpha value is -6.67. The quantitative estimate of drug-likeness (QED) is 0.118. The normalized spacial score (nSPS) is 11.3. The van der Waals surface area contributed by atoms with Crippen molar-refractivity contribution in [3.63, 3.8) is 0 Å². The molecule has 2 aromatic heterocycles. The van der Waals surface area contributed by atoms with Crippen LogP contribution >= 0.6 is 22.9 Å². The van der Waals surface area contributed by atoms with Crippen molar-refractivity contribution in [2.45, 2.75) is 13.2 Å². The highest BCUT2D eigenvalue weighted by Crippen LogP contribution is 2.47. The van der Waals surface area contributed by atoms with Crippen molar-refractivity contribution in [3.05, 3.63) is 197 Å². The second-order valence-corrected chi connectivity index (χ2v) is 14.4. The van der Waals surface area contributed by atoms with Gasteiger partial charge in [-0.15, -0.1) is 11.3 Å². The summed E-state index contributed by atoms with van der Waals surface area (Å²) in [5, 5.41) is 11.7. The zero-order chi connectivity index (χ0) is 38.3. The van der Waals surface area contributed by atoms with Crippen molar-refractivity contribution in [2.75, 3.05) is 0 Å². The van der Waals surface area contributed by atoms with Crippen LogP contribution in [0.3, 0.4) is 0 Å². The first-order chi connectivity index (χ1) is 27.5. The van der Waals surface area contributed by atoms with Crippen molar-refractivity contribution in [1.29, 1.82) is 0 Å². The summed E-state index contributed by atoms with van der Waals surface area (Å²) in [7, 11) is 0. The van der Waals surface area contributed by atoms with Crippen LogP contribution in [0.4, 0.5) is 0 Å². The Labute approximate surface area is 333 Å². The number of pyridine rings is 1. The smallest absolute Gasteiger partial charge is 0.336 e. The molecule has 0 aliphatic heterocycles. The molecule has 0 amide bonds. The van der Waals surface area contributed by atoms with Crippen LogP contribution in [0.25, 0.3) is 44.0 Å². The molecule has 0 atom stereocenters. The Morgan fingerprint density at radius 1 is 0.661 bits per heavy atom. The molecule has 6 aromatic carbocycles. The molecule has 0 saturated carbocycles. The molecule has 6 nitrogen and oxygen atoms in total. The van der Waals surface area contributed by atoms with E-state index in [0.29, 0.717) is 38.5 Å². The van der Waals surface area contributed by atoms with Gasteiger partial charge in [0, 0.05) is 33.6 Å². The average Bonchev–Trinajstić information content (AvgIpc) is 3.57. The largest absolute Gasteiger partial charge is 0.485 e. The number of halogens is 1. The van der Waals surface area contributed by atoms with Crippen LogP contribution < -0.4 is 14.2 Å². The predicted octanol–water partition coefficient (Wildman–Crippen LogP) is 12.9. The van der Waals surface area contributed by atoms with E-state index in [9.17, 15) is 9.90 Å². The number of benzene rings is 6. The summed E-state index contributed by atoms with van der Waals surface area (Å²) >= 11 is 7.62. The number of aliphatic carboxylic acids is 1. The van der Waals surface area contributed by atoms with Crippen molar-refractivity contribution in [1.82, 2.24) is 4.98 Å². The Bertz CT molecular complexity index is 2640. The summed E-state index contributed by atoms with van der Waals surface area (Å²) in [5.74, 6) is 1.00. The van der Waals surface area contributed by atoms with Gasteiger partial charge in [-0.25, -0.2) is 4.79 Å². The Morgan fingerprint density at radius 2 is 1.20 bits per heavy atom. The lowest BCUT2D eigenvalue weighted by atomic mass is 10.0. The van der Waals surface area contributed by atoms with E-state index in [4.69, 9.17) is 25.8 Å². The lowest BCUT2D eigenvalue weighted by Gasteiger charge is -2.17. The summed E-state index contributed by atoms with van der Waals surface area (Å²) in [4.78, 5) is 17.3. The van der Waals surface area contributed by atoms with Gasteiger partial charge < -0.3 is 19.3 Å². The molecule has 56 heavy (non-hydrogen) atoms. The van der Waals surface area contributed by atoms with Crippen molar-refractivity contribution in [3.8, 4) is 45.3 Å². The van der Waals surface area contributed by atoms with E-state index in [-0.39, 0.29) is 18.8 Å². The van der Waals surface area contributed by atoms with E-state index in [1.807, 2.05) is 72.8 Å². The molecular formula is C48H34ClNO5S. The minimum Gasteiger partial charge on any atom is -0.485 e. The minimum atomic E-state index is -1.08. The number of aromatic nitrogens is 1. The molecule has 0 fully saturated rings. The first-order valence-electron chi connectivity index (χ1n) is 17.9. The van der Waals surface area contributed by atoms with E-state index in [2.05, 4.69) is 53.5 Å². The third-order valence-corrected chi connectivity index (χ3v) is 10.6. The SMILES string of the molecule is O=C(O)/C(=C/c1sc2cc(OCc3ccccc3-c3ccccc3)c(OCc3ccccc3-c3ccccc3)cc2c1Oc1ccc(Cl)cc1)c1ccncc1. The molecule has 8 rings (SSSR count). The van der Waals surface area contributed by atoms with Gasteiger partial charge in [0.05, 0.1) is 10.5 Å². The fraction of sp³-hybridized carbons (Fsp3) is 0.0417. The maximum absolute atomic E-state index is 12.7. The molecule has 274 valence electrons. The van der Waals surface area contributed by atoms with Gasteiger partial charge >= 0.3 is 5.97 Å². The molecule has 0 radical (unpaired) electrons. The van der Waals surface area contributed by atoms with Gasteiger partial charge in [-0.2, -0.15) is 0 Å². The molecule has 8 aromatic rings. The highest BCUT2D eigenvalue weighted by atomic mass is 35.5. The third kappa shape index (κ3) is 8.20. The van der Waals surface area contributed by atoms with Gasteiger partial charge in [0.2, 0.25) is 0 Å². The lowest BCUT2D eigenvalue weighted by molar-refractivity contribution is -0.130. The number of fused-ring (bicyclic) bond motifs is 1. The van der Waals surface area contributed by atoms with E-state index in [1.165, 1.54) is 11.3 Å². The number of ether oxygens (including phenoxy) is 3. The van der Waals surface area contributed by atoms with Gasteiger partial charge in [0.25, 0.3) is 0 Å². The zero-order valence-corrected chi connectivity index (χ0v) is 31.5. The van der Waals surface area contributed by atoms with Crippen LogP contribution in [0.15, 0.2) is 170 Å². The van der Waals surface area contributed by atoms with Gasteiger partial charge in [-0.05, 0) is 87.5 Å². The fourth-order valence-corrected chi connectivity index (χ4v) is 7.69. The topological polar surface area (TPSA) is 77.9 Å². The number of carboxylic acids is 1. The van der Waals surface area contributed by atoms with Gasteiger partial charge in [0.15, 0.2) is 17.2 Å². The van der Waals surface area contributed by atoms with E-state index < -0.39 is 5.97 Å². The second kappa shape index (κ2) is 16.8. The molecule has 0 aliphatic rings. The summed E-state index contributed by atoms with van der Waals surface area (Å²) in [6.07, 6.45) is 4.78. The Morgan fingerprint density at radius 3 is 1.77 bits per heavy atom. The second-order valence-electron chi connectivity index (χ2n) is 12.9. The average molecular weight is 772 g/mol. The van der Waals surface area contributed by atoms with Gasteiger partial charge in [-0.1, -0.05) is 121 Å². The summed E-state index contributed by atoms with van der Waals surface area (Å²) in [6.45, 7) is 0.550. The predicted molar refractivity (Wildman–Crippen MR) is 226 cm³/mol. The molecule has 0 unspecified atom stereocenters. The number of thiophene rings is 1. The third-order valence-electron chi connectivity index (χ3n) is 9.24. The number of hydrogen-bond acceptors (Lipinski definition) is 6. The maximum atomic E-state index is 12.7. The standard InChI is InChI=1S/C48H34ClNO5S/c49-37-19-21-38(22-20-37)55-47-42-27-43(53-30-35-15-7-9-17-39(35)32-11-3-1-4-12-32)44(54-31-36-16-8-10-18-40(36)33-13-5-2-6-14-33)29-45(42)56-46(47)28-41(48(51)52)34-23-25-50-26-24-34/h1-29H,30-31H2,(H,51,52)/b41-28+. The summed E-state index contributed by atoms with van der Waals surface area (Å²) in [5.41, 5.74) is 6.98. The van der Waals surface area contributed by atoms with Crippen molar-refractivity contribution < 1.29 is 24.1 Å². The van der Waals surface area contributed by atoms with Crippen LogP contribution in [-0.4, -0.2) is 16.1 Å². The van der Waals surface area contributed by atoms with Crippen LogP contribution in [0.5, 0.6) is 23.0 Å². The van der Waals surface area contributed by atoms with Crippen LogP contribution in [0.2, 0.25) is 5.02 Å². The molecule has 0 bridgehead atoms. The maximum Gasteiger partial charge on any atom is 0.336 e. The van der Waals surface area contributed by atoms with Crippen molar-refractivity contribution >= 4 is 50.6 Å². The number of hydrogen-bond donors (Lipinski definition) is 1. The molecule has 2 heterocycles. The van der Waals surface area contributed by atoms with E-state index in [0.717, 1.165) is 43.5 Å². The van der Waals surface area contributed by atoms with Gasteiger partial charge in [-0.3, -0.25) is 4.98 Å². The lowest BCUT2D eigenvalue weighted by Crippen LogP contribution is -2.02. The number of carbonyl (C=O) groups is 1. The fourth-order valence-electron chi connectivity index (χ4n) is 6.48. The highest BCUT2D eigenvalue weighted by Gasteiger charge is 2.21. The monoisotopic (exact) mass is 771 g/mol. The molecule has 1 N–H and O–H groups in total. The number of nitrogens with zero attached hydrogens (tertiary/aromatic N) is 1. The molecular weight excluding hydrogens is 738 g/mol. The van der Waals surface area contributed by atoms with E-state index in [1.54, 1.807) is 54.9 Å². The first-order valence-corrected chi connectivity index (χ1v) is 19.1. The number of carboxylic acid groups (broad SMARTS) is 1. The van der Waals surface area contributed by atoms with Crippen LogP contribution in [0, 0.1) is 0 Å². The minimum absolute atomic E-state index is 0.0999. The first kappa shape index (κ1) is 36.3. The summed E-state index contributed by atoms with van der Waals surface area (Å²) < 4.78 is 20.8. The van der Waals surface area contributed by atoms with E-state index >= 15 is 0 Å². The summed E-state index contributed by atoms with van der Waals surface area (Å²) in [6, 6.07) is 51.1. The van der Waals surface area contributed by atoms with Gasteiger partial charge in [0.1, 0.15) is 19.0 Å². The molecule has 0 saturated heterocycles. The zero-order valence-electron chi connectivity index (χ0n) is 30.0.